The van der Waals surface area contributed by atoms with Crippen LogP contribution in [0, 0.1) is 23.5 Å². The number of benzene rings is 1. The van der Waals surface area contributed by atoms with Crippen molar-refractivity contribution in [2.45, 2.75) is 24.9 Å². The summed E-state index contributed by atoms with van der Waals surface area (Å²) in [4.78, 5) is 14.4. The van der Waals surface area contributed by atoms with Crippen molar-refractivity contribution in [1.29, 1.82) is 0 Å². The molecule has 4 nitrogen and oxygen atoms in total. The number of hydrogen-bond donors (Lipinski definition) is 2. The Morgan fingerprint density at radius 3 is 2.43 bits per heavy atom. The van der Waals surface area contributed by atoms with Crippen LogP contribution in [0.15, 0.2) is 18.2 Å². The SMILES string of the molecule is O=C(Nc1ccc(F)c(F)c1)N1[C@@H]2CC[C@H]1[C@H]1CNC[C@H]12. The third kappa shape index (κ3) is 1.92. The Balaban J connectivity index is 1.52. The summed E-state index contributed by atoms with van der Waals surface area (Å²) in [6.45, 7) is 1.95. The fourth-order valence-electron chi connectivity index (χ4n) is 4.33. The largest absolute Gasteiger partial charge is 0.322 e. The number of carbonyl (C=O) groups excluding carboxylic acids is 1. The summed E-state index contributed by atoms with van der Waals surface area (Å²) in [5.74, 6) is -0.771. The van der Waals surface area contributed by atoms with E-state index >= 15 is 0 Å². The van der Waals surface area contributed by atoms with Gasteiger partial charge in [-0.3, -0.25) is 0 Å². The van der Waals surface area contributed by atoms with Crippen molar-refractivity contribution in [2.24, 2.45) is 11.8 Å². The van der Waals surface area contributed by atoms with Crippen LogP contribution in [0.4, 0.5) is 19.3 Å². The van der Waals surface area contributed by atoms with Crippen LogP contribution in [-0.2, 0) is 0 Å². The summed E-state index contributed by atoms with van der Waals surface area (Å²) in [7, 11) is 0. The van der Waals surface area contributed by atoms with Crippen LogP contribution in [0.25, 0.3) is 0 Å². The van der Waals surface area contributed by atoms with Crippen LogP contribution in [0.1, 0.15) is 12.8 Å². The van der Waals surface area contributed by atoms with Gasteiger partial charge in [0.1, 0.15) is 0 Å². The first kappa shape index (κ1) is 13.0. The van der Waals surface area contributed by atoms with Gasteiger partial charge < -0.3 is 15.5 Å². The van der Waals surface area contributed by atoms with E-state index in [9.17, 15) is 13.6 Å². The minimum atomic E-state index is -0.946. The van der Waals surface area contributed by atoms with Gasteiger partial charge in [0.25, 0.3) is 0 Å². The Morgan fingerprint density at radius 2 is 1.81 bits per heavy atom. The summed E-state index contributed by atoms with van der Waals surface area (Å²) in [5.41, 5.74) is 0.300. The summed E-state index contributed by atoms with van der Waals surface area (Å²) < 4.78 is 26.1. The molecule has 4 atom stereocenters. The van der Waals surface area contributed by atoms with Crippen LogP contribution in [0.5, 0.6) is 0 Å². The van der Waals surface area contributed by atoms with Gasteiger partial charge in [-0.15, -0.1) is 0 Å². The summed E-state index contributed by atoms with van der Waals surface area (Å²) >= 11 is 0. The van der Waals surface area contributed by atoms with Crippen molar-refractivity contribution in [1.82, 2.24) is 10.2 Å². The number of halogens is 2. The predicted octanol–water partition coefficient (Wildman–Crippen LogP) is 2.18. The summed E-state index contributed by atoms with van der Waals surface area (Å²) in [6, 6.07) is 3.80. The second-order valence-corrected chi connectivity index (χ2v) is 6.16. The molecular weight excluding hydrogens is 276 g/mol. The van der Waals surface area contributed by atoms with Crippen molar-refractivity contribution >= 4 is 11.7 Å². The van der Waals surface area contributed by atoms with Gasteiger partial charge in [0.2, 0.25) is 0 Å². The molecule has 0 unspecified atom stereocenters. The Bertz CT molecular complexity index is 576. The van der Waals surface area contributed by atoms with Crippen molar-refractivity contribution in [3.8, 4) is 0 Å². The highest BCUT2D eigenvalue weighted by molar-refractivity contribution is 5.90. The van der Waals surface area contributed by atoms with E-state index in [4.69, 9.17) is 0 Å². The van der Waals surface area contributed by atoms with E-state index in [0.717, 1.165) is 38.1 Å². The van der Waals surface area contributed by atoms with Gasteiger partial charge in [0.05, 0.1) is 0 Å². The maximum Gasteiger partial charge on any atom is 0.322 e. The van der Waals surface area contributed by atoms with Crippen LogP contribution >= 0.6 is 0 Å². The minimum absolute atomic E-state index is 0.192. The summed E-state index contributed by atoms with van der Waals surface area (Å²) in [6.07, 6.45) is 2.08. The van der Waals surface area contributed by atoms with Gasteiger partial charge >= 0.3 is 6.03 Å². The van der Waals surface area contributed by atoms with Crippen molar-refractivity contribution < 1.29 is 13.6 Å². The van der Waals surface area contributed by atoms with Gasteiger partial charge in [-0.05, 0) is 36.8 Å². The first-order valence-corrected chi connectivity index (χ1v) is 7.40. The van der Waals surface area contributed by atoms with Crippen LogP contribution in [0.3, 0.4) is 0 Å². The number of amides is 2. The fourth-order valence-corrected chi connectivity index (χ4v) is 4.33. The molecule has 21 heavy (non-hydrogen) atoms. The van der Waals surface area contributed by atoms with Gasteiger partial charge in [-0.25, -0.2) is 13.6 Å². The molecule has 3 aliphatic rings. The van der Waals surface area contributed by atoms with Crippen LogP contribution < -0.4 is 10.6 Å². The molecule has 3 heterocycles. The highest BCUT2D eigenvalue weighted by Crippen LogP contribution is 2.47. The van der Waals surface area contributed by atoms with Gasteiger partial charge in [-0.2, -0.15) is 0 Å². The number of nitrogens with one attached hydrogen (secondary N) is 2. The smallest absolute Gasteiger partial charge is 0.318 e. The van der Waals surface area contributed by atoms with E-state index in [-0.39, 0.29) is 18.1 Å². The lowest BCUT2D eigenvalue weighted by atomic mass is 9.82. The molecule has 0 radical (unpaired) electrons. The van der Waals surface area contributed by atoms with E-state index in [1.54, 1.807) is 0 Å². The Labute approximate surface area is 121 Å². The van der Waals surface area contributed by atoms with Gasteiger partial charge in [0.15, 0.2) is 11.6 Å². The maximum atomic E-state index is 13.2. The lowest BCUT2D eigenvalue weighted by molar-refractivity contribution is 0.199. The van der Waals surface area contributed by atoms with E-state index < -0.39 is 11.6 Å². The second-order valence-electron chi connectivity index (χ2n) is 6.16. The molecule has 6 heteroatoms. The number of anilines is 1. The number of carbonyl (C=O) groups is 1. The molecule has 112 valence electrons. The highest BCUT2D eigenvalue weighted by atomic mass is 19.2. The molecule has 4 rings (SSSR count). The topological polar surface area (TPSA) is 44.4 Å². The van der Waals surface area contributed by atoms with Crippen LogP contribution in [0.2, 0.25) is 0 Å². The number of nitrogens with zero attached hydrogens (tertiary/aromatic N) is 1. The molecule has 3 saturated heterocycles. The highest BCUT2D eigenvalue weighted by Gasteiger charge is 2.56. The number of rotatable bonds is 1. The molecule has 0 aromatic heterocycles. The molecule has 2 bridgehead atoms. The first-order chi connectivity index (χ1) is 10.1. The zero-order valence-corrected chi connectivity index (χ0v) is 11.5. The molecule has 2 amide bonds. The third-order valence-electron chi connectivity index (χ3n) is 5.18. The average molecular weight is 293 g/mol. The molecular formula is C15H17F2N3O. The maximum absolute atomic E-state index is 13.2. The van der Waals surface area contributed by atoms with Crippen molar-refractivity contribution in [2.75, 3.05) is 18.4 Å². The van der Waals surface area contributed by atoms with E-state index in [1.165, 1.54) is 6.07 Å². The van der Waals surface area contributed by atoms with Crippen molar-refractivity contribution in [3.05, 3.63) is 29.8 Å². The van der Waals surface area contributed by atoms with E-state index in [2.05, 4.69) is 10.6 Å². The Kier molecular flexibility index (Phi) is 2.89. The van der Waals surface area contributed by atoms with Crippen molar-refractivity contribution in [3.63, 3.8) is 0 Å². The lowest BCUT2D eigenvalue weighted by Crippen LogP contribution is -2.41. The molecule has 1 aromatic rings. The minimum Gasteiger partial charge on any atom is -0.318 e. The molecule has 0 aliphatic carbocycles. The summed E-state index contributed by atoms with van der Waals surface area (Å²) in [5, 5.41) is 6.10. The fraction of sp³-hybridized carbons (Fsp3) is 0.533. The number of fused-ring (bicyclic) bond motifs is 5. The Morgan fingerprint density at radius 1 is 1.14 bits per heavy atom. The number of hydrogen-bond acceptors (Lipinski definition) is 2. The average Bonchev–Trinajstić information content (AvgIpc) is 3.13. The van der Waals surface area contributed by atoms with E-state index in [1.807, 2.05) is 4.90 Å². The zero-order valence-electron chi connectivity index (χ0n) is 11.5. The van der Waals surface area contributed by atoms with Gasteiger partial charge in [0, 0.05) is 36.9 Å². The van der Waals surface area contributed by atoms with Gasteiger partial charge in [-0.1, -0.05) is 0 Å². The first-order valence-electron chi connectivity index (χ1n) is 7.40. The normalized spacial score (nSPS) is 33.3. The second kappa shape index (κ2) is 4.66. The molecule has 2 N–H and O–H groups in total. The molecule has 0 saturated carbocycles. The standard InChI is InChI=1S/C15H17F2N3O/c16-11-2-1-8(5-12(11)17)19-15(21)20-13-3-4-14(20)10-7-18-6-9(10)13/h1-2,5,9-10,13-14,18H,3-4,6-7H2,(H,19,21)/t9-,10+,13-,14+. The molecule has 3 aliphatic heterocycles. The molecule has 1 aromatic carbocycles. The quantitative estimate of drug-likeness (QED) is 0.833. The molecule has 3 fully saturated rings. The lowest BCUT2D eigenvalue weighted by Gasteiger charge is -2.25. The third-order valence-corrected chi connectivity index (χ3v) is 5.18. The monoisotopic (exact) mass is 293 g/mol. The zero-order chi connectivity index (χ0) is 14.6. The van der Waals surface area contributed by atoms with E-state index in [0.29, 0.717) is 17.5 Å². The van der Waals surface area contributed by atoms with Crippen LogP contribution in [-0.4, -0.2) is 36.1 Å². The predicted molar refractivity (Wildman–Crippen MR) is 73.9 cm³/mol. The Hall–Kier alpha value is -1.69. The number of urea groups is 1. The molecule has 0 spiro atoms.